The summed E-state index contributed by atoms with van der Waals surface area (Å²) >= 11 is 0. The molecule has 0 atom stereocenters. The third-order valence-corrected chi connectivity index (χ3v) is 0.620. The van der Waals surface area contributed by atoms with Gasteiger partial charge in [-0.05, 0) is 0 Å². The molecular weight excluding hydrogens is 106 g/mol. The fourth-order valence-corrected chi connectivity index (χ4v) is 0.299. The highest BCUT2D eigenvalue weighted by atomic mass is 16.5. The van der Waals surface area contributed by atoms with Gasteiger partial charge < -0.3 is 10.1 Å². The molecule has 0 fully saturated rings. The third kappa shape index (κ3) is 5.43. The summed E-state index contributed by atoms with van der Waals surface area (Å²) in [4.78, 5) is 10.1. The lowest BCUT2D eigenvalue weighted by Gasteiger charge is -1.97. The third-order valence-electron chi connectivity index (χ3n) is 0.620. The van der Waals surface area contributed by atoms with Gasteiger partial charge in [-0.2, -0.15) is 0 Å². The molecule has 0 spiro atoms. The van der Waals surface area contributed by atoms with Crippen LogP contribution in [-0.4, -0.2) is 19.1 Å². The van der Waals surface area contributed by atoms with Crippen LogP contribution >= 0.6 is 0 Å². The van der Waals surface area contributed by atoms with E-state index in [1.165, 1.54) is 6.92 Å². The molecule has 1 N–H and O–H groups in total. The lowest BCUT2D eigenvalue weighted by Crippen LogP contribution is -2.23. The SMILES string of the molecule is [CH2]OCCNC(C)=O. The summed E-state index contributed by atoms with van der Waals surface area (Å²) < 4.78 is 4.43. The standard InChI is InChI=1S/C5H10NO2/c1-5(7)6-3-4-8-2/h2-4H2,1H3,(H,6,7). The Morgan fingerprint density at radius 3 is 2.88 bits per heavy atom. The van der Waals surface area contributed by atoms with E-state index in [1.807, 2.05) is 0 Å². The Kier molecular flexibility index (Phi) is 4.26. The highest BCUT2D eigenvalue weighted by Crippen LogP contribution is 1.65. The minimum Gasteiger partial charge on any atom is -0.377 e. The van der Waals surface area contributed by atoms with Crippen molar-refractivity contribution in [2.24, 2.45) is 0 Å². The number of rotatable bonds is 3. The van der Waals surface area contributed by atoms with E-state index in [9.17, 15) is 4.79 Å². The van der Waals surface area contributed by atoms with Crippen LogP contribution in [0.25, 0.3) is 0 Å². The number of nitrogens with one attached hydrogen (secondary N) is 1. The summed E-state index contributed by atoms with van der Waals surface area (Å²) in [6.07, 6.45) is 0. The highest BCUT2D eigenvalue weighted by molar-refractivity contribution is 5.72. The topological polar surface area (TPSA) is 38.3 Å². The first kappa shape index (κ1) is 7.43. The summed E-state index contributed by atoms with van der Waals surface area (Å²) in [6, 6.07) is 0. The lowest BCUT2D eigenvalue weighted by atomic mass is 10.6. The summed E-state index contributed by atoms with van der Waals surface area (Å²) in [5, 5.41) is 2.54. The molecule has 3 nitrogen and oxygen atoms in total. The van der Waals surface area contributed by atoms with Crippen molar-refractivity contribution in [2.45, 2.75) is 6.92 Å². The summed E-state index contributed by atoms with van der Waals surface area (Å²) in [6.45, 7) is 2.47. The van der Waals surface area contributed by atoms with E-state index in [0.29, 0.717) is 13.2 Å². The second-order valence-corrected chi connectivity index (χ2v) is 1.39. The smallest absolute Gasteiger partial charge is 0.216 e. The number of hydrogen-bond donors (Lipinski definition) is 1. The molecule has 0 bridgehead atoms. The van der Waals surface area contributed by atoms with Crippen LogP contribution in [0.1, 0.15) is 6.92 Å². The first-order valence-corrected chi connectivity index (χ1v) is 2.39. The number of hydrogen-bond acceptors (Lipinski definition) is 2. The van der Waals surface area contributed by atoms with E-state index in [1.54, 1.807) is 0 Å². The minimum atomic E-state index is -0.0398. The molecule has 3 heteroatoms. The van der Waals surface area contributed by atoms with Crippen LogP contribution in [0, 0.1) is 7.11 Å². The van der Waals surface area contributed by atoms with Gasteiger partial charge in [0, 0.05) is 13.5 Å². The van der Waals surface area contributed by atoms with Gasteiger partial charge in [-0.15, -0.1) is 0 Å². The molecule has 0 aliphatic rings. The molecule has 0 saturated carbocycles. The molecule has 47 valence electrons. The number of carbonyl (C=O) groups is 1. The van der Waals surface area contributed by atoms with Crippen LogP contribution in [0.4, 0.5) is 0 Å². The van der Waals surface area contributed by atoms with Crippen molar-refractivity contribution >= 4 is 5.91 Å². The Bertz CT molecular complexity index is 72.8. The molecule has 0 saturated heterocycles. The summed E-state index contributed by atoms with van der Waals surface area (Å²) in [7, 11) is 3.13. The normalized spacial score (nSPS) is 8.75. The average Bonchev–Trinajstić information content (AvgIpc) is 1.66. The average molecular weight is 116 g/mol. The molecule has 1 radical (unpaired) electrons. The van der Waals surface area contributed by atoms with Gasteiger partial charge in [-0.25, -0.2) is 0 Å². The summed E-state index contributed by atoms with van der Waals surface area (Å²) in [5.41, 5.74) is 0. The fraction of sp³-hybridized carbons (Fsp3) is 0.600. The van der Waals surface area contributed by atoms with E-state index in [4.69, 9.17) is 0 Å². The number of amides is 1. The van der Waals surface area contributed by atoms with E-state index in [-0.39, 0.29) is 5.91 Å². The van der Waals surface area contributed by atoms with Crippen LogP contribution in [-0.2, 0) is 9.53 Å². The fourth-order valence-electron chi connectivity index (χ4n) is 0.299. The van der Waals surface area contributed by atoms with Crippen LogP contribution in [0.3, 0.4) is 0 Å². The zero-order valence-electron chi connectivity index (χ0n) is 4.94. The van der Waals surface area contributed by atoms with E-state index >= 15 is 0 Å². The van der Waals surface area contributed by atoms with Crippen molar-refractivity contribution < 1.29 is 9.53 Å². The zero-order valence-corrected chi connectivity index (χ0v) is 4.94. The monoisotopic (exact) mass is 116 g/mol. The van der Waals surface area contributed by atoms with Gasteiger partial charge in [0.05, 0.1) is 13.7 Å². The molecule has 1 amide bonds. The molecule has 0 aromatic carbocycles. The van der Waals surface area contributed by atoms with Crippen molar-refractivity contribution in [3.05, 3.63) is 7.11 Å². The molecule has 0 aliphatic carbocycles. The first-order valence-electron chi connectivity index (χ1n) is 2.39. The molecular formula is C5H10NO2. The number of carbonyl (C=O) groups excluding carboxylic acids is 1. The maximum Gasteiger partial charge on any atom is 0.216 e. The maximum absolute atomic E-state index is 10.1. The van der Waals surface area contributed by atoms with E-state index in [0.717, 1.165) is 0 Å². The Hall–Kier alpha value is -0.570. The van der Waals surface area contributed by atoms with Gasteiger partial charge in [0.1, 0.15) is 0 Å². The van der Waals surface area contributed by atoms with Crippen molar-refractivity contribution in [1.29, 1.82) is 0 Å². The van der Waals surface area contributed by atoms with Crippen molar-refractivity contribution in [3.8, 4) is 0 Å². The Balaban J connectivity index is 2.82. The second kappa shape index (κ2) is 4.59. The van der Waals surface area contributed by atoms with Crippen molar-refractivity contribution in [2.75, 3.05) is 13.2 Å². The van der Waals surface area contributed by atoms with Gasteiger partial charge in [0.15, 0.2) is 0 Å². The van der Waals surface area contributed by atoms with E-state index < -0.39 is 0 Å². The maximum atomic E-state index is 10.1. The van der Waals surface area contributed by atoms with Crippen LogP contribution in [0.15, 0.2) is 0 Å². The first-order chi connectivity index (χ1) is 3.77. The van der Waals surface area contributed by atoms with Gasteiger partial charge >= 0.3 is 0 Å². The van der Waals surface area contributed by atoms with Gasteiger partial charge in [-0.3, -0.25) is 4.79 Å². The van der Waals surface area contributed by atoms with Gasteiger partial charge in [-0.1, -0.05) is 0 Å². The van der Waals surface area contributed by atoms with Gasteiger partial charge in [0.25, 0.3) is 0 Å². The van der Waals surface area contributed by atoms with Crippen LogP contribution in [0.5, 0.6) is 0 Å². The lowest BCUT2D eigenvalue weighted by molar-refractivity contribution is -0.119. The van der Waals surface area contributed by atoms with Crippen molar-refractivity contribution in [3.63, 3.8) is 0 Å². The Morgan fingerprint density at radius 1 is 1.88 bits per heavy atom. The number of ether oxygens (including phenoxy) is 1. The zero-order chi connectivity index (χ0) is 6.41. The van der Waals surface area contributed by atoms with Crippen molar-refractivity contribution in [1.82, 2.24) is 5.32 Å². The minimum absolute atomic E-state index is 0.0398. The molecule has 0 heterocycles. The molecule has 0 aromatic rings. The van der Waals surface area contributed by atoms with Gasteiger partial charge in [0.2, 0.25) is 5.91 Å². The molecule has 0 rings (SSSR count). The highest BCUT2D eigenvalue weighted by Gasteiger charge is 1.85. The predicted molar refractivity (Wildman–Crippen MR) is 30.0 cm³/mol. The molecule has 8 heavy (non-hydrogen) atoms. The molecule has 0 aliphatic heterocycles. The largest absolute Gasteiger partial charge is 0.377 e. The second-order valence-electron chi connectivity index (χ2n) is 1.39. The Labute approximate surface area is 49.0 Å². The molecule has 0 unspecified atom stereocenters. The molecule has 0 aromatic heterocycles. The predicted octanol–water partition coefficient (Wildman–Crippen LogP) is -0.0693. The quantitative estimate of drug-likeness (QED) is 0.524. The Morgan fingerprint density at radius 2 is 2.50 bits per heavy atom. The summed E-state index contributed by atoms with van der Waals surface area (Å²) in [5.74, 6) is -0.0398. The van der Waals surface area contributed by atoms with E-state index in [2.05, 4.69) is 17.2 Å². The van der Waals surface area contributed by atoms with Crippen LogP contribution < -0.4 is 5.32 Å². The van der Waals surface area contributed by atoms with Crippen LogP contribution in [0.2, 0.25) is 0 Å².